The number of rotatable bonds is 0. The highest BCUT2D eigenvalue weighted by atomic mass is 32.2. The van der Waals surface area contributed by atoms with Crippen molar-refractivity contribution in [3.05, 3.63) is 34.4 Å². The number of anilines is 1. The Bertz CT molecular complexity index is 541. The number of hydrogen-bond acceptors (Lipinski definition) is 3. The molecule has 2 rings (SSSR count). The van der Waals surface area contributed by atoms with Crippen LogP contribution in [-0.4, -0.2) is 0 Å². The molecule has 1 aromatic rings. The Morgan fingerprint density at radius 1 is 1.35 bits per heavy atom. The van der Waals surface area contributed by atoms with Crippen molar-refractivity contribution in [2.24, 2.45) is 0 Å². The molecule has 0 atom stereocenters. The van der Waals surface area contributed by atoms with Crippen molar-refractivity contribution in [3.63, 3.8) is 0 Å². The second kappa shape index (κ2) is 4.00. The van der Waals surface area contributed by atoms with Crippen molar-refractivity contribution >= 4 is 17.4 Å². The van der Waals surface area contributed by atoms with Crippen LogP contribution in [0.3, 0.4) is 0 Å². The van der Waals surface area contributed by atoms with Gasteiger partial charge in [-0.05, 0) is 25.1 Å². The molecule has 0 aliphatic carbocycles. The number of fused-ring (bicyclic) bond motifs is 1. The predicted molar refractivity (Wildman–Crippen MR) is 59.2 cm³/mol. The van der Waals surface area contributed by atoms with Crippen molar-refractivity contribution in [2.45, 2.75) is 18.0 Å². The highest BCUT2D eigenvalue weighted by molar-refractivity contribution is 8.03. The topological polar surface area (TPSA) is 35.8 Å². The molecule has 0 bridgehead atoms. The van der Waals surface area contributed by atoms with E-state index in [1.807, 2.05) is 6.07 Å². The summed E-state index contributed by atoms with van der Waals surface area (Å²) >= 11 is 1.17. The molecule has 1 aromatic carbocycles. The molecule has 0 amide bonds. The Morgan fingerprint density at radius 3 is 2.65 bits per heavy atom. The molecule has 0 radical (unpaired) electrons. The SMILES string of the molecule is CC1=C(C#N)Sc2ccc(C(F)(F)F)cc2N1. The number of nitrogens with zero attached hydrogens (tertiary/aromatic N) is 1. The number of alkyl halides is 3. The zero-order valence-electron chi connectivity index (χ0n) is 8.72. The minimum Gasteiger partial charge on any atom is -0.357 e. The number of nitrogens with one attached hydrogen (secondary N) is 1. The van der Waals surface area contributed by atoms with Crippen LogP contribution in [0.25, 0.3) is 0 Å². The van der Waals surface area contributed by atoms with E-state index in [-0.39, 0.29) is 0 Å². The van der Waals surface area contributed by atoms with Crippen molar-refractivity contribution in [2.75, 3.05) is 5.32 Å². The largest absolute Gasteiger partial charge is 0.416 e. The molecule has 0 aromatic heterocycles. The third-order valence-electron chi connectivity index (χ3n) is 2.28. The van der Waals surface area contributed by atoms with Crippen LogP contribution in [0, 0.1) is 11.3 Å². The first-order chi connectivity index (χ1) is 7.91. The summed E-state index contributed by atoms with van der Waals surface area (Å²) in [6, 6.07) is 5.44. The smallest absolute Gasteiger partial charge is 0.357 e. The number of benzene rings is 1. The maximum absolute atomic E-state index is 12.5. The molecule has 6 heteroatoms. The second-order valence-corrected chi connectivity index (χ2v) is 4.55. The Morgan fingerprint density at radius 2 is 2.06 bits per heavy atom. The molecule has 1 heterocycles. The van der Waals surface area contributed by atoms with Crippen molar-refractivity contribution in [3.8, 4) is 6.07 Å². The molecule has 0 saturated carbocycles. The summed E-state index contributed by atoms with van der Waals surface area (Å²) in [4.78, 5) is 1.09. The number of thioether (sulfide) groups is 1. The molecule has 1 N–H and O–H groups in total. The van der Waals surface area contributed by atoms with Crippen LogP contribution in [0.1, 0.15) is 12.5 Å². The lowest BCUT2D eigenvalue weighted by molar-refractivity contribution is -0.137. The quantitative estimate of drug-likeness (QED) is 0.762. The molecule has 0 saturated heterocycles. The van der Waals surface area contributed by atoms with E-state index < -0.39 is 11.7 Å². The average Bonchev–Trinajstić information content (AvgIpc) is 2.26. The van der Waals surface area contributed by atoms with Crippen LogP contribution >= 0.6 is 11.8 Å². The van der Waals surface area contributed by atoms with Crippen molar-refractivity contribution in [1.82, 2.24) is 0 Å². The molecule has 1 aliphatic rings. The van der Waals surface area contributed by atoms with Gasteiger partial charge in [0.05, 0.1) is 11.3 Å². The van der Waals surface area contributed by atoms with E-state index in [9.17, 15) is 13.2 Å². The van der Waals surface area contributed by atoms with Crippen LogP contribution in [0.2, 0.25) is 0 Å². The highest BCUT2D eigenvalue weighted by Gasteiger charge is 2.31. The number of allylic oxidation sites excluding steroid dienone is 2. The molecular formula is C11H7F3N2S. The van der Waals surface area contributed by atoms with E-state index >= 15 is 0 Å². The van der Waals surface area contributed by atoms with Gasteiger partial charge in [0, 0.05) is 10.6 Å². The highest BCUT2D eigenvalue weighted by Crippen LogP contribution is 2.41. The third kappa shape index (κ3) is 2.24. The lowest BCUT2D eigenvalue weighted by Gasteiger charge is -2.20. The van der Waals surface area contributed by atoms with E-state index in [1.54, 1.807) is 6.92 Å². The van der Waals surface area contributed by atoms with Crippen LogP contribution in [0.4, 0.5) is 18.9 Å². The van der Waals surface area contributed by atoms with E-state index in [1.165, 1.54) is 17.8 Å². The molecule has 0 spiro atoms. The summed E-state index contributed by atoms with van der Waals surface area (Å²) in [6.45, 7) is 1.66. The molecule has 2 nitrogen and oxygen atoms in total. The van der Waals surface area contributed by atoms with Gasteiger partial charge in [-0.1, -0.05) is 11.8 Å². The predicted octanol–water partition coefficient (Wildman–Crippen LogP) is 3.98. The van der Waals surface area contributed by atoms with Crippen molar-refractivity contribution in [1.29, 1.82) is 5.26 Å². The maximum Gasteiger partial charge on any atom is 0.416 e. The minimum absolute atomic E-state index is 0.390. The number of nitriles is 1. The van der Waals surface area contributed by atoms with E-state index in [0.29, 0.717) is 21.2 Å². The van der Waals surface area contributed by atoms with Gasteiger partial charge in [-0.2, -0.15) is 18.4 Å². The summed E-state index contributed by atoms with van der Waals surface area (Å²) < 4.78 is 37.5. The van der Waals surface area contributed by atoms with Gasteiger partial charge < -0.3 is 5.32 Å². The van der Waals surface area contributed by atoms with Crippen LogP contribution in [-0.2, 0) is 6.18 Å². The van der Waals surface area contributed by atoms with Gasteiger partial charge in [0.2, 0.25) is 0 Å². The van der Waals surface area contributed by atoms with Gasteiger partial charge in [-0.25, -0.2) is 0 Å². The van der Waals surface area contributed by atoms with Crippen LogP contribution in [0.5, 0.6) is 0 Å². The molecular weight excluding hydrogens is 249 g/mol. The molecule has 1 aliphatic heterocycles. The van der Waals surface area contributed by atoms with E-state index in [0.717, 1.165) is 12.1 Å². The Labute approximate surface area is 100 Å². The fourth-order valence-electron chi connectivity index (χ4n) is 1.44. The van der Waals surface area contributed by atoms with E-state index in [2.05, 4.69) is 5.32 Å². The third-order valence-corrected chi connectivity index (χ3v) is 3.46. The molecule has 0 unspecified atom stereocenters. The minimum atomic E-state index is -4.35. The first kappa shape index (κ1) is 11.9. The van der Waals surface area contributed by atoms with Gasteiger partial charge in [0.25, 0.3) is 0 Å². The van der Waals surface area contributed by atoms with Crippen LogP contribution in [0.15, 0.2) is 33.7 Å². The summed E-state index contributed by atoms with van der Waals surface area (Å²) in [5.74, 6) is 0. The summed E-state index contributed by atoms with van der Waals surface area (Å²) in [5.41, 5.74) is 0.267. The van der Waals surface area contributed by atoms with Gasteiger partial charge in [0.1, 0.15) is 11.0 Å². The lowest BCUT2D eigenvalue weighted by Crippen LogP contribution is -2.09. The first-order valence-electron chi connectivity index (χ1n) is 4.69. The normalized spacial score (nSPS) is 15.0. The number of halogens is 3. The zero-order chi connectivity index (χ0) is 12.6. The van der Waals surface area contributed by atoms with Crippen molar-refractivity contribution < 1.29 is 13.2 Å². The van der Waals surface area contributed by atoms with Gasteiger partial charge in [-0.3, -0.25) is 0 Å². The molecule has 88 valence electrons. The zero-order valence-corrected chi connectivity index (χ0v) is 9.54. The molecule has 0 fully saturated rings. The van der Waals surface area contributed by atoms with Gasteiger partial charge in [-0.15, -0.1) is 0 Å². The number of hydrogen-bond donors (Lipinski definition) is 1. The van der Waals surface area contributed by atoms with E-state index in [4.69, 9.17) is 5.26 Å². The molecule has 17 heavy (non-hydrogen) atoms. The second-order valence-electron chi connectivity index (χ2n) is 3.50. The summed E-state index contributed by atoms with van der Waals surface area (Å²) in [5, 5.41) is 11.6. The lowest BCUT2D eigenvalue weighted by atomic mass is 10.2. The summed E-state index contributed by atoms with van der Waals surface area (Å²) in [7, 11) is 0. The first-order valence-corrected chi connectivity index (χ1v) is 5.50. The van der Waals surface area contributed by atoms with Crippen LogP contribution < -0.4 is 5.32 Å². The fourth-order valence-corrected chi connectivity index (χ4v) is 2.27. The standard InChI is InChI=1S/C11H7F3N2S/c1-6-10(5-15)17-9-3-2-7(11(12,13)14)4-8(9)16-6/h2-4,16H,1H3. The van der Waals surface area contributed by atoms with Gasteiger partial charge in [0.15, 0.2) is 0 Å². The Balaban J connectivity index is 2.42. The Hall–Kier alpha value is -1.61. The average molecular weight is 256 g/mol. The Kier molecular flexibility index (Phi) is 2.79. The van der Waals surface area contributed by atoms with Gasteiger partial charge >= 0.3 is 6.18 Å². The monoisotopic (exact) mass is 256 g/mol. The summed E-state index contributed by atoms with van der Waals surface area (Å²) in [6.07, 6.45) is -4.35. The maximum atomic E-state index is 12.5. The fraction of sp³-hybridized carbons (Fsp3) is 0.182.